The fraction of sp³-hybridized carbons (Fsp3) is 0.188. The molecular formula is C16H14N4O3. The SMILES string of the molecule is O=C(Cn1nnc2ccccc21)Nc1ccc2c(c1)OCCO2. The Labute approximate surface area is 131 Å². The number of carbonyl (C=O) groups excluding carboxylic acids is 1. The summed E-state index contributed by atoms with van der Waals surface area (Å²) in [7, 11) is 0. The van der Waals surface area contributed by atoms with Crippen molar-refractivity contribution in [1.82, 2.24) is 15.0 Å². The molecule has 0 atom stereocenters. The molecule has 1 amide bonds. The molecule has 0 unspecified atom stereocenters. The third-order valence-corrected chi connectivity index (χ3v) is 3.54. The zero-order valence-electron chi connectivity index (χ0n) is 12.2. The normalized spacial score (nSPS) is 13.0. The Bertz CT molecular complexity index is 875. The van der Waals surface area contributed by atoms with Crippen LogP contribution in [-0.2, 0) is 11.3 Å². The summed E-state index contributed by atoms with van der Waals surface area (Å²) in [4.78, 5) is 12.2. The van der Waals surface area contributed by atoms with Gasteiger partial charge in [0.1, 0.15) is 25.3 Å². The molecule has 7 heteroatoms. The van der Waals surface area contributed by atoms with E-state index in [-0.39, 0.29) is 12.5 Å². The van der Waals surface area contributed by atoms with Crippen molar-refractivity contribution in [1.29, 1.82) is 0 Å². The number of benzene rings is 2. The van der Waals surface area contributed by atoms with Crippen molar-refractivity contribution in [3.05, 3.63) is 42.5 Å². The average molecular weight is 310 g/mol. The van der Waals surface area contributed by atoms with Gasteiger partial charge in [-0.2, -0.15) is 0 Å². The van der Waals surface area contributed by atoms with Gasteiger partial charge in [0.05, 0.1) is 5.52 Å². The lowest BCUT2D eigenvalue weighted by Gasteiger charge is -2.19. The molecule has 2 heterocycles. The lowest BCUT2D eigenvalue weighted by Crippen LogP contribution is -2.20. The number of rotatable bonds is 3. The van der Waals surface area contributed by atoms with Gasteiger partial charge in [-0.1, -0.05) is 17.3 Å². The highest BCUT2D eigenvalue weighted by molar-refractivity contribution is 5.91. The largest absolute Gasteiger partial charge is 0.486 e. The van der Waals surface area contributed by atoms with Gasteiger partial charge in [0, 0.05) is 11.8 Å². The second-order valence-electron chi connectivity index (χ2n) is 5.14. The van der Waals surface area contributed by atoms with Crippen molar-refractivity contribution in [3.8, 4) is 11.5 Å². The van der Waals surface area contributed by atoms with E-state index in [9.17, 15) is 4.79 Å². The minimum Gasteiger partial charge on any atom is -0.486 e. The second-order valence-corrected chi connectivity index (χ2v) is 5.14. The summed E-state index contributed by atoms with van der Waals surface area (Å²) in [5.41, 5.74) is 2.24. The smallest absolute Gasteiger partial charge is 0.246 e. The van der Waals surface area contributed by atoms with Crippen LogP contribution in [0.15, 0.2) is 42.5 Å². The summed E-state index contributed by atoms with van der Waals surface area (Å²) in [6, 6.07) is 12.8. The zero-order valence-corrected chi connectivity index (χ0v) is 12.2. The fourth-order valence-corrected chi connectivity index (χ4v) is 2.49. The lowest BCUT2D eigenvalue weighted by atomic mass is 10.2. The summed E-state index contributed by atoms with van der Waals surface area (Å²) < 4.78 is 12.5. The second kappa shape index (κ2) is 5.60. The fourth-order valence-electron chi connectivity index (χ4n) is 2.49. The predicted molar refractivity (Wildman–Crippen MR) is 83.6 cm³/mol. The first-order valence-electron chi connectivity index (χ1n) is 7.27. The molecule has 3 aromatic rings. The van der Waals surface area contributed by atoms with Crippen molar-refractivity contribution in [2.45, 2.75) is 6.54 Å². The molecule has 4 rings (SSSR count). The number of aromatic nitrogens is 3. The summed E-state index contributed by atoms with van der Waals surface area (Å²) in [6.07, 6.45) is 0. The Morgan fingerprint density at radius 2 is 1.96 bits per heavy atom. The molecule has 23 heavy (non-hydrogen) atoms. The van der Waals surface area contributed by atoms with Crippen molar-refractivity contribution in [3.63, 3.8) is 0 Å². The van der Waals surface area contributed by atoms with Gasteiger partial charge in [0.2, 0.25) is 5.91 Å². The van der Waals surface area contributed by atoms with Gasteiger partial charge >= 0.3 is 0 Å². The van der Waals surface area contributed by atoms with Crippen LogP contribution in [-0.4, -0.2) is 34.1 Å². The van der Waals surface area contributed by atoms with Crippen LogP contribution < -0.4 is 14.8 Å². The van der Waals surface area contributed by atoms with E-state index in [1.165, 1.54) is 0 Å². The van der Waals surface area contributed by atoms with Crippen molar-refractivity contribution in [2.75, 3.05) is 18.5 Å². The number of nitrogens with zero attached hydrogens (tertiary/aromatic N) is 3. The maximum absolute atomic E-state index is 12.2. The number of anilines is 1. The van der Waals surface area contributed by atoms with Crippen LogP contribution in [0.2, 0.25) is 0 Å². The first-order valence-corrected chi connectivity index (χ1v) is 7.27. The first-order chi connectivity index (χ1) is 11.3. The average Bonchev–Trinajstić information content (AvgIpc) is 2.98. The van der Waals surface area contributed by atoms with Crippen LogP contribution in [0.3, 0.4) is 0 Å². The minimum absolute atomic E-state index is 0.0922. The number of ether oxygens (including phenoxy) is 2. The first kappa shape index (κ1) is 13.6. The molecule has 0 saturated heterocycles. The highest BCUT2D eigenvalue weighted by Crippen LogP contribution is 2.32. The van der Waals surface area contributed by atoms with E-state index in [1.54, 1.807) is 22.9 Å². The number of carbonyl (C=O) groups is 1. The minimum atomic E-state index is -0.183. The highest BCUT2D eigenvalue weighted by Gasteiger charge is 2.13. The van der Waals surface area contributed by atoms with E-state index in [0.717, 1.165) is 11.0 Å². The Morgan fingerprint density at radius 3 is 2.87 bits per heavy atom. The Morgan fingerprint density at radius 1 is 1.13 bits per heavy atom. The van der Waals surface area contributed by atoms with Crippen LogP contribution in [0.25, 0.3) is 11.0 Å². The molecule has 0 fully saturated rings. The quantitative estimate of drug-likeness (QED) is 0.798. The lowest BCUT2D eigenvalue weighted by molar-refractivity contribution is -0.116. The maximum atomic E-state index is 12.2. The molecule has 1 N–H and O–H groups in total. The highest BCUT2D eigenvalue weighted by atomic mass is 16.6. The third kappa shape index (κ3) is 2.68. The molecule has 1 aliphatic rings. The van der Waals surface area contributed by atoms with Crippen LogP contribution in [0.4, 0.5) is 5.69 Å². The molecule has 0 radical (unpaired) electrons. The predicted octanol–water partition coefficient (Wildman–Crippen LogP) is 1.84. The summed E-state index contributed by atoms with van der Waals surface area (Å²) in [5, 5.41) is 10.9. The number of amides is 1. The Kier molecular flexibility index (Phi) is 3.30. The topological polar surface area (TPSA) is 78.3 Å². The molecule has 0 bridgehead atoms. The van der Waals surface area contributed by atoms with Crippen molar-refractivity contribution < 1.29 is 14.3 Å². The molecule has 2 aromatic carbocycles. The molecule has 116 valence electrons. The third-order valence-electron chi connectivity index (χ3n) is 3.54. The number of fused-ring (bicyclic) bond motifs is 2. The Balaban J connectivity index is 1.50. The summed E-state index contributed by atoms with van der Waals surface area (Å²) in [5.74, 6) is 1.15. The van der Waals surface area contributed by atoms with Crippen LogP contribution in [0.5, 0.6) is 11.5 Å². The van der Waals surface area contributed by atoms with Crippen molar-refractivity contribution >= 4 is 22.6 Å². The maximum Gasteiger partial charge on any atom is 0.246 e. The molecule has 1 aliphatic heterocycles. The van der Waals surface area contributed by atoms with Gasteiger partial charge in [-0.15, -0.1) is 5.10 Å². The number of hydrogen-bond donors (Lipinski definition) is 1. The number of hydrogen-bond acceptors (Lipinski definition) is 5. The molecule has 0 saturated carbocycles. The van der Waals surface area contributed by atoms with E-state index in [2.05, 4.69) is 15.6 Å². The van der Waals surface area contributed by atoms with E-state index < -0.39 is 0 Å². The van der Waals surface area contributed by atoms with Crippen LogP contribution in [0, 0.1) is 0 Å². The van der Waals surface area contributed by atoms with E-state index >= 15 is 0 Å². The van der Waals surface area contributed by atoms with Gasteiger partial charge in [-0.3, -0.25) is 4.79 Å². The summed E-state index contributed by atoms with van der Waals surface area (Å²) in [6.45, 7) is 1.14. The number of para-hydroxylation sites is 1. The molecule has 0 spiro atoms. The van der Waals surface area contributed by atoms with Gasteiger partial charge in [-0.25, -0.2) is 4.68 Å². The van der Waals surface area contributed by atoms with Gasteiger partial charge in [0.25, 0.3) is 0 Å². The van der Waals surface area contributed by atoms with E-state index in [1.807, 2.05) is 24.3 Å². The van der Waals surface area contributed by atoms with Crippen LogP contribution in [0.1, 0.15) is 0 Å². The van der Waals surface area contributed by atoms with Crippen molar-refractivity contribution in [2.24, 2.45) is 0 Å². The monoisotopic (exact) mass is 310 g/mol. The standard InChI is InChI=1S/C16H14N4O3/c21-16(10-20-13-4-2-1-3-12(13)18-19-20)17-11-5-6-14-15(9-11)23-8-7-22-14/h1-6,9H,7-8,10H2,(H,17,21). The van der Waals surface area contributed by atoms with Gasteiger partial charge in [-0.05, 0) is 24.3 Å². The molecule has 7 nitrogen and oxygen atoms in total. The van der Waals surface area contributed by atoms with E-state index in [4.69, 9.17) is 9.47 Å². The molecular weight excluding hydrogens is 296 g/mol. The van der Waals surface area contributed by atoms with Gasteiger partial charge < -0.3 is 14.8 Å². The summed E-state index contributed by atoms with van der Waals surface area (Å²) >= 11 is 0. The molecule has 1 aromatic heterocycles. The molecule has 0 aliphatic carbocycles. The van der Waals surface area contributed by atoms with E-state index in [0.29, 0.717) is 30.4 Å². The van der Waals surface area contributed by atoms with Crippen LogP contribution >= 0.6 is 0 Å². The number of nitrogens with one attached hydrogen (secondary N) is 1. The zero-order chi connectivity index (χ0) is 15.6. The Hall–Kier alpha value is -3.09. The van der Waals surface area contributed by atoms with Gasteiger partial charge in [0.15, 0.2) is 11.5 Å².